The third kappa shape index (κ3) is 2.51. The van der Waals surface area contributed by atoms with Gasteiger partial charge in [-0.05, 0) is 60.8 Å². The number of hydrogen-bond donors (Lipinski definition) is 2. The summed E-state index contributed by atoms with van der Waals surface area (Å²) in [7, 11) is 0. The Hall–Kier alpha value is -1.02. The second-order valence-electron chi connectivity index (χ2n) is 6.42. The Kier molecular flexibility index (Phi) is 3.53. The molecule has 0 aromatic heterocycles. The van der Waals surface area contributed by atoms with Gasteiger partial charge in [-0.15, -0.1) is 0 Å². The van der Waals surface area contributed by atoms with Crippen LogP contribution in [0.1, 0.15) is 62.6 Å². The molecule has 0 amide bonds. The van der Waals surface area contributed by atoms with Crippen LogP contribution < -0.4 is 5.32 Å². The standard InChI is InChI=1S/C17H25NO/c1-2-17(9-3-4-10-17)12-18-16-8-5-13-11-14(19)6-7-15(13)16/h6-7,11,16,18-19H,2-5,8-10,12H2,1H3. The molecule has 3 rings (SSSR count). The van der Waals surface area contributed by atoms with Gasteiger partial charge < -0.3 is 10.4 Å². The zero-order valence-corrected chi connectivity index (χ0v) is 11.9. The molecule has 0 saturated heterocycles. The number of benzene rings is 1. The summed E-state index contributed by atoms with van der Waals surface area (Å²) in [5.74, 6) is 0.403. The molecule has 19 heavy (non-hydrogen) atoms. The minimum atomic E-state index is 0.403. The lowest BCUT2D eigenvalue weighted by Crippen LogP contribution is -2.33. The predicted molar refractivity (Wildman–Crippen MR) is 78.4 cm³/mol. The average Bonchev–Trinajstić information content (AvgIpc) is 3.03. The van der Waals surface area contributed by atoms with Gasteiger partial charge in [-0.25, -0.2) is 0 Å². The van der Waals surface area contributed by atoms with Gasteiger partial charge >= 0.3 is 0 Å². The number of hydrogen-bond acceptors (Lipinski definition) is 2. The number of nitrogens with one attached hydrogen (secondary N) is 1. The second kappa shape index (κ2) is 5.16. The van der Waals surface area contributed by atoms with E-state index in [0.29, 0.717) is 17.2 Å². The molecule has 0 aliphatic heterocycles. The van der Waals surface area contributed by atoms with E-state index in [9.17, 15) is 5.11 Å². The van der Waals surface area contributed by atoms with Gasteiger partial charge in [-0.1, -0.05) is 25.8 Å². The highest BCUT2D eigenvalue weighted by atomic mass is 16.3. The number of rotatable bonds is 4. The molecule has 1 aromatic rings. The maximum Gasteiger partial charge on any atom is 0.115 e. The molecule has 0 radical (unpaired) electrons. The molecule has 2 heteroatoms. The summed E-state index contributed by atoms with van der Waals surface area (Å²) in [4.78, 5) is 0. The van der Waals surface area contributed by atoms with Crippen molar-refractivity contribution in [2.45, 2.75) is 57.9 Å². The van der Waals surface area contributed by atoms with E-state index in [-0.39, 0.29) is 0 Å². The van der Waals surface area contributed by atoms with E-state index in [1.807, 2.05) is 12.1 Å². The molecule has 1 aromatic carbocycles. The van der Waals surface area contributed by atoms with E-state index in [2.05, 4.69) is 18.3 Å². The summed E-state index contributed by atoms with van der Waals surface area (Å²) < 4.78 is 0. The second-order valence-corrected chi connectivity index (χ2v) is 6.42. The van der Waals surface area contributed by atoms with Crippen LogP contribution in [0.15, 0.2) is 18.2 Å². The molecule has 0 bridgehead atoms. The van der Waals surface area contributed by atoms with Crippen molar-refractivity contribution >= 4 is 0 Å². The van der Waals surface area contributed by atoms with Gasteiger partial charge in [0.2, 0.25) is 0 Å². The minimum absolute atomic E-state index is 0.403. The number of aromatic hydroxyl groups is 1. The monoisotopic (exact) mass is 259 g/mol. The number of fused-ring (bicyclic) bond motifs is 1. The van der Waals surface area contributed by atoms with Crippen LogP contribution in [0.25, 0.3) is 0 Å². The first-order valence-corrected chi connectivity index (χ1v) is 7.78. The average molecular weight is 259 g/mol. The van der Waals surface area contributed by atoms with Crippen LogP contribution in [0, 0.1) is 5.41 Å². The molecule has 1 saturated carbocycles. The van der Waals surface area contributed by atoms with E-state index in [4.69, 9.17) is 0 Å². The van der Waals surface area contributed by atoms with Crippen molar-refractivity contribution in [3.63, 3.8) is 0 Å². The van der Waals surface area contributed by atoms with Crippen molar-refractivity contribution < 1.29 is 5.11 Å². The van der Waals surface area contributed by atoms with Crippen LogP contribution in [0.2, 0.25) is 0 Å². The summed E-state index contributed by atoms with van der Waals surface area (Å²) in [5.41, 5.74) is 3.29. The molecule has 2 aliphatic carbocycles. The zero-order valence-electron chi connectivity index (χ0n) is 11.9. The molecule has 2 nitrogen and oxygen atoms in total. The molecule has 2 aliphatic rings. The van der Waals surface area contributed by atoms with Crippen molar-refractivity contribution in [1.29, 1.82) is 0 Å². The lowest BCUT2D eigenvalue weighted by atomic mass is 9.83. The molecule has 0 spiro atoms. The topological polar surface area (TPSA) is 32.3 Å². The SMILES string of the molecule is CCC1(CNC2CCc3cc(O)ccc32)CCCC1. The largest absolute Gasteiger partial charge is 0.508 e. The van der Waals surface area contributed by atoms with E-state index in [0.717, 1.165) is 13.0 Å². The Bertz CT molecular complexity index is 449. The Morgan fingerprint density at radius 3 is 2.84 bits per heavy atom. The van der Waals surface area contributed by atoms with E-state index in [1.165, 1.54) is 49.7 Å². The molecule has 1 unspecified atom stereocenters. The van der Waals surface area contributed by atoms with Gasteiger partial charge in [-0.3, -0.25) is 0 Å². The Morgan fingerprint density at radius 2 is 2.11 bits per heavy atom. The fourth-order valence-electron chi connectivity index (χ4n) is 3.94. The highest BCUT2D eigenvalue weighted by molar-refractivity contribution is 5.40. The van der Waals surface area contributed by atoms with Gasteiger partial charge in [0.15, 0.2) is 0 Å². The summed E-state index contributed by atoms with van der Waals surface area (Å²) in [6.07, 6.45) is 9.18. The van der Waals surface area contributed by atoms with Gasteiger partial charge in [0.05, 0.1) is 0 Å². The van der Waals surface area contributed by atoms with Crippen LogP contribution in [-0.2, 0) is 6.42 Å². The Labute approximate surface area is 116 Å². The maximum absolute atomic E-state index is 9.54. The van der Waals surface area contributed by atoms with Crippen LogP contribution >= 0.6 is 0 Å². The summed E-state index contributed by atoms with van der Waals surface area (Å²) in [5, 5.41) is 13.4. The van der Waals surface area contributed by atoms with E-state index in [1.54, 1.807) is 0 Å². The van der Waals surface area contributed by atoms with Crippen LogP contribution in [0.4, 0.5) is 0 Å². The molecular weight excluding hydrogens is 234 g/mol. The van der Waals surface area contributed by atoms with Gasteiger partial charge in [0.1, 0.15) is 5.75 Å². The first kappa shape index (κ1) is 13.0. The minimum Gasteiger partial charge on any atom is -0.508 e. The lowest BCUT2D eigenvalue weighted by molar-refractivity contribution is 0.255. The quantitative estimate of drug-likeness (QED) is 0.858. The van der Waals surface area contributed by atoms with E-state index >= 15 is 0 Å². The Morgan fingerprint density at radius 1 is 1.32 bits per heavy atom. The number of phenolic OH excluding ortho intramolecular Hbond substituents is 1. The van der Waals surface area contributed by atoms with Crippen molar-refractivity contribution in [3.05, 3.63) is 29.3 Å². The predicted octanol–water partition coefficient (Wildman–Crippen LogP) is 3.94. The maximum atomic E-state index is 9.54. The molecule has 1 fully saturated rings. The molecular formula is C17H25NO. The van der Waals surface area contributed by atoms with Gasteiger partial charge in [0.25, 0.3) is 0 Å². The van der Waals surface area contributed by atoms with Crippen LogP contribution in [-0.4, -0.2) is 11.7 Å². The Balaban J connectivity index is 1.66. The number of phenols is 1. The van der Waals surface area contributed by atoms with Crippen LogP contribution in [0.5, 0.6) is 5.75 Å². The normalized spacial score (nSPS) is 24.6. The van der Waals surface area contributed by atoms with Crippen molar-refractivity contribution in [1.82, 2.24) is 5.32 Å². The third-order valence-corrected chi connectivity index (χ3v) is 5.34. The summed E-state index contributed by atoms with van der Waals surface area (Å²) in [6, 6.07) is 6.36. The van der Waals surface area contributed by atoms with Crippen molar-refractivity contribution in [2.24, 2.45) is 5.41 Å². The first-order chi connectivity index (χ1) is 9.22. The number of aryl methyl sites for hydroxylation is 1. The zero-order chi connectivity index (χ0) is 13.3. The molecule has 0 heterocycles. The molecule has 2 N–H and O–H groups in total. The van der Waals surface area contributed by atoms with Gasteiger partial charge in [0, 0.05) is 12.6 Å². The fraction of sp³-hybridized carbons (Fsp3) is 0.647. The molecule has 1 atom stereocenters. The van der Waals surface area contributed by atoms with Crippen molar-refractivity contribution in [2.75, 3.05) is 6.54 Å². The summed E-state index contributed by atoms with van der Waals surface area (Å²) in [6.45, 7) is 3.50. The third-order valence-electron chi connectivity index (χ3n) is 5.34. The first-order valence-electron chi connectivity index (χ1n) is 7.78. The van der Waals surface area contributed by atoms with Crippen molar-refractivity contribution in [3.8, 4) is 5.75 Å². The smallest absolute Gasteiger partial charge is 0.115 e. The van der Waals surface area contributed by atoms with Gasteiger partial charge in [-0.2, -0.15) is 0 Å². The molecule has 104 valence electrons. The highest BCUT2D eigenvalue weighted by Gasteiger charge is 2.33. The van der Waals surface area contributed by atoms with Crippen LogP contribution in [0.3, 0.4) is 0 Å². The summed E-state index contributed by atoms with van der Waals surface area (Å²) >= 11 is 0. The lowest BCUT2D eigenvalue weighted by Gasteiger charge is -2.30. The fourth-order valence-corrected chi connectivity index (χ4v) is 3.94. The highest BCUT2D eigenvalue weighted by Crippen LogP contribution is 2.41. The van der Waals surface area contributed by atoms with E-state index < -0.39 is 0 Å².